The average Bonchev–Trinajstić information content (AvgIpc) is 2.63. The lowest BCUT2D eigenvalue weighted by Gasteiger charge is -2.31. The van der Waals surface area contributed by atoms with Crippen molar-refractivity contribution in [3.8, 4) is 0 Å². The SMILES string of the molecule is O=C(NC1CCCCC1)C1CCCC(C(=O)NC2CCCCC2)C1. The molecule has 0 aromatic rings. The van der Waals surface area contributed by atoms with Crippen LogP contribution in [0.2, 0.25) is 0 Å². The third kappa shape index (κ3) is 4.97. The number of hydrogen-bond donors (Lipinski definition) is 2. The van der Waals surface area contributed by atoms with Crippen molar-refractivity contribution in [2.45, 2.75) is 102 Å². The second-order valence-corrected chi connectivity index (χ2v) is 8.25. The highest BCUT2D eigenvalue weighted by Crippen LogP contribution is 2.30. The van der Waals surface area contributed by atoms with Crippen LogP contribution in [0.5, 0.6) is 0 Å². The van der Waals surface area contributed by atoms with Crippen molar-refractivity contribution in [1.29, 1.82) is 0 Å². The van der Waals surface area contributed by atoms with Gasteiger partial charge < -0.3 is 10.6 Å². The largest absolute Gasteiger partial charge is 0.353 e. The number of hydrogen-bond acceptors (Lipinski definition) is 2. The minimum atomic E-state index is 0.0442. The van der Waals surface area contributed by atoms with Crippen LogP contribution in [0.25, 0.3) is 0 Å². The molecular weight excluding hydrogens is 300 g/mol. The van der Waals surface area contributed by atoms with Crippen LogP contribution in [-0.4, -0.2) is 23.9 Å². The third-order valence-corrected chi connectivity index (χ3v) is 6.32. The maximum Gasteiger partial charge on any atom is 0.223 e. The van der Waals surface area contributed by atoms with Crippen molar-refractivity contribution >= 4 is 11.8 Å². The Labute approximate surface area is 146 Å². The fourth-order valence-electron chi connectivity index (χ4n) is 4.80. The second kappa shape index (κ2) is 8.87. The Morgan fingerprint density at radius 2 is 0.958 bits per heavy atom. The normalized spacial score (nSPS) is 29.8. The zero-order valence-electron chi connectivity index (χ0n) is 15.0. The van der Waals surface area contributed by atoms with E-state index in [9.17, 15) is 9.59 Å². The molecule has 2 N–H and O–H groups in total. The fourth-order valence-corrected chi connectivity index (χ4v) is 4.80. The van der Waals surface area contributed by atoms with E-state index in [0.29, 0.717) is 12.1 Å². The third-order valence-electron chi connectivity index (χ3n) is 6.32. The highest BCUT2D eigenvalue weighted by atomic mass is 16.2. The molecule has 0 heterocycles. The molecular formula is C20H34N2O2. The summed E-state index contributed by atoms with van der Waals surface area (Å²) in [7, 11) is 0. The summed E-state index contributed by atoms with van der Waals surface area (Å²) in [6.45, 7) is 0. The van der Waals surface area contributed by atoms with Gasteiger partial charge in [-0.1, -0.05) is 44.9 Å². The minimum absolute atomic E-state index is 0.0442. The lowest BCUT2D eigenvalue weighted by atomic mass is 9.80. The van der Waals surface area contributed by atoms with E-state index < -0.39 is 0 Å². The summed E-state index contributed by atoms with van der Waals surface area (Å²) in [5.41, 5.74) is 0. The van der Waals surface area contributed by atoms with Gasteiger partial charge in [-0.2, -0.15) is 0 Å². The Kier molecular flexibility index (Phi) is 6.56. The van der Waals surface area contributed by atoms with E-state index in [4.69, 9.17) is 0 Å². The molecule has 4 nitrogen and oxygen atoms in total. The predicted molar refractivity (Wildman–Crippen MR) is 95.5 cm³/mol. The Morgan fingerprint density at radius 1 is 0.542 bits per heavy atom. The van der Waals surface area contributed by atoms with E-state index in [1.165, 1.54) is 38.5 Å². The van der Waals surface area contributed by atoms with E-state index in [0.717, 1.165) is 51.4 Å². The number of carbonyl (C=O) groups excluding carboxylic acids is 2. The summed E-state index contributed by atoms with van der Waals surface area (Å²) < 4.78 is 0. The molecule has 0 aliphatic heterocycles. The highest BCUT2D eigenvalue weighted by molar-refractivity contribution is 5.82. The van der Waals surface area contributed by atoms with E-state index >= 15 is 0 Å². The second-order valence-electron chi connectivity index (χ2n) is 8.25. The van der Waals surface area contributed by atoms with Crippen molar-refractivity contribution in [3.63, 3.8) is 0 Å². The first-order valence-electron chi connectivity index (χ1n) is 10.3. The molecule has 3 aliphatic rings. The molecule has 0 radical (unpaired) electrons. The predicted octanol–water partition coefficient (Wildman–Crippen LogP) is 3.69. The molecule has 0 bridgehead atoms. The van der Waals surface area contributed by atoms with Crippen LogP contribution in [-0.2, 0) is 9.59 Å². The van der Waals surface area contributed by atoms with E-state index in [2.05, 4.69) is 10.6 Å². The van der Waals surface area contributed by atoms with Crippen LogP contribution in [0.4, 0.5) is 0 Å². The quantitative estimate of drug-likeness (QED) is 0.824. The molecule has 136 valence electrons. The molecule has 2 unspecified atom stereocenters. The standard InChI is InChI=1S/C20H34N2O2/c23-19(21-17-10-3-1-4-11-17)15-8-7-9-16(14-15)20(24)22-18-12-5-2-6-13-18/h15-18H,1-14H2,(H,21,23)(H,22,24). The van der Waals surface area contributed by atoms with Gasteiger partial charge in [0, 0.05) is 23.9 Å². The van der Waals surface area contributed by atoms with Gasteiger partial charge in [-0.3, -0.25) is 9.59 Å². The summed E-state index contributed by atoms with van der Waals surface area (Å²) in [5, 5.41) is 6.52. The van der Waals surface area contributed by atoms with Gasteiger partial charge in [0.2, 0.25) is 11.8 Å². The lowest BCUT2D eigenvalue weighted by molar-refractivity contribution is -0.131. The Balaban J connectivity index is 1.45. The summed E-state index contributed by atoms with van der Waals surface area (Å²) in [6.07, 6.45) is 15.7. The van der Waals surface area contributed by atoms with Crippen LogP contribution in [0.15, 0.2) is 0 Å². The monoisotopic (exact) mass is 334 g/mol. The molecule has 0 aromatic heterocycles. The molecule has 4 heteroatoms. The maximum absolute atomic E-state index is 12.6. The molecule has 3 saturated carbocycles. The van der Waals surface area contributed by atoms with Gasteiger partial charge in [-0.05, 0) is 44.9 Å². The number of nitrogens with one attached hydrogen (secondary N) is 2. The Bertz CT molecular complexity index is 387. The van der Waals surface area contributed by atoms with Gasteiger partial charge in [-0.15, -0.1) is 0 Å². The van der Waals surface area contributed by atoms with Gasteiger partial charge in [0.25, 0.3) is 0 Å². The molecule has 3 fully saturated rings. The van der Waals surface area contributed by atoms with Crippen LogP contribution < -0.4 is 10.6 Å². The highest BCUT2D eigenvalue weighted by Gasteiger charge is 2.33. The van der Waals surface area contributed by atoms with Gasteiger partial charge >= 0.3 is 0 Å². The minimum Gasteiger partial charge on any atom is -0.353 e. The summed E-state index contributed by atoms with van der Waals surface area (Å²) in [5.74, 6) is 0.500. The fraction of sp³-hybridized carbons (Fsp3) is 0.900. The molecule has 24 heavy (non-hydrogen) atoms. The molecule has 2 amide bonds. The van der Waals surface area contributed by atoms with Gasteiger partial charge in [-0.25, -0.2) is 0 Å². The Hall–Kier alpha value is -1.06. The molecule has 3 aliphatic carbocycles. The topological polar surface area (TPSA) is 58.2 Å². The first kappa shape index (κ1) is 17.8. The lowest BCUT2D eigenvalue weighted by Crippen LogP contribution is -2.44. The van der Waals surface area contributed by atoms with Gasteiger partial charge in [0.05, 0.1) is 0 Å². The molecule has 3 rings (SSSR count). The van der Waals surface area contributed by atoms with Crippen LogP contribution in [0.3, 0.4) is 0 Å². The molecule has 0 saturated heterocycles. The van der Waals surface area contributed by atoms with Crippen LogP contribution in [0, 0.1) is 11.8 Å². The van der Waals surface area contributed by atoms with Crippen LogP contribution >= 0.6 is 0 Å². The zero-order chi connectivity index (χ0) is 16.8. The molecule has 2 atom stereocenters. The van der Waals surface area contributed by atoms with Crippen molar-refractivity contribution < 1.29 is 9.59 Å². The summed E-state index contributed by atoms with van der Waals surface area (Å²) in [6, 6.07) is 0.755. The van der Waals surface area contributed by atoms with Crippen molar-refractivity contribution in [3.05, 3.63) is 0 Å². The number of rotatable bonds is 4. The van der Waals surface area contributed by atoms with Crippen molar-refractivity contribution in [1.82, 2.24) is 10.6 Å². The number of amides is 2. The number of carbonyl (C=O) groups is 2. The maximum atomic E-state index is 12.6. The average molecular weight is 335 g/mol. The van der Waals surface area contributed by atoms with Gasteiger partial charge in [0.15, 0.2) is 0 Å². The smallest absolute Gasteiger partial charge is 0.223 e. The Morgan fingerprint density at radius 3 is 1.38 bits per heavy atom. The first-order chi connectivity index (χ1) is 11.7. The van der Waals surface area contributed by atoms with Gasteiger partial charge in [0.1, 0.15) is 0 Å². The first-order valence-corrected chi connectivity index (χ1v) is 10.3. The summed E-state index contributed by atoms with van der Waals surface area (Å²) >= 11 is 0. The molecule has 0 spiro atoms. The van der Waals surface area contributed by atoms with E-state index in [1.807, 2.05) is 0 Å². The van der Waals surface area contributed by atoms with Crippen LogP contribution in [0.1, 0.15) is 89.9 Å². The van der Waals surface area contributed by atoms with E-state index in [1.54, 1.807) is 0 Å². The van der Waals surface area contributed by atoms with Crippen molar-refractivity contribution in [2.24, 2.45) is 11.8 Å². The van der Waals surface area contributed by atoms with E-state index in [-0.39, 0.29) is 23.7 Å². The molecule has 0 aromatic carbocycles. The summed E-state index contributed by atoms with van der Waals surface area (Å²) in [4.78, 5) is 25.2. The van der Waals surface area contributed by atoms with Crippen molar-refractivity contribution in [2.75, 3.05) is 0 Å². The zero-order valence-corrected chi connectivity index (χ0v) is 15.0.